The molecule has 0 aromatic heterocycles. The van der Waals surface area contributed by atoms with E-state index < -0.39 is 73.7 Å². The van der Waals surface area contributed by atoms with Gasteiger partial charge < -0.3 is 4.52 Å². The molecule has 47 heavy (non-hydrogen) atoms. The second-order valence-electron chi connectivity index (χ2n) is 9.02. The number of para-hydroxylation sites is 1. The van der Waals surface area contributed by atoms with Crippen LogP contribution in [0.3, 0.4) is 0 Å². The number of phosphoric ester groups is 1. The molecular weight excluding hydrogens is 705 g/mol. The topological polar surface area (TPSA) is 63.2 Å². The molecule has 0 aliphatic carbocycles. The number of ether oxygens (including phenoxy) is 2. The molecule has 0 N–H and O–H groups in total. The van der Waals surface area contributed by atoms with Crippen molar-refractivity contribution in [1.82, 2.24) is 0 Å². The number of rotatable bonds is 14. The van der Waals surface area contributed by atoms with Crippen LogP contribution in [0.2, 0.25) is 0 Å². The summed E-state index contributed by atoms with van der Waals surface area (Å²) >= 11 is 0. The van der Waals surface area contributed by atoms with Crippen molar-refractivity contribution in [3.05, 3.63) is 102 Å². The highest BCUT2D eigenvalue weighted by Crippen LogP contribution is 2.63. The SMILES string of the molecule is O=P(Oc1ccccc1)(OC(c1ccccc1)C(F)(F)C(F)(F)OC(F)(F)F)OC(c1ccccc1)C(F)(F)C(F)(F)OC(F)(F)F. The summed E-state index contributed by atoms with van der Waals surface area (Å²) in [6, 6.07) is 12.3. The first-order valence-corrected chi connectivity index (χ1v) is 13.7. The van der Waals surface area contributed by atoms with Gasteiger partial charge >= 0.3 is 44.6 Å². The first kappa shape index (κ1) is 38.0. The van der Waals surface area contributed by atoms with Gasteiger partial charge in [0.25, 0.3) is 0 Å². The lowest BCUT2D eigenvalue weighted by atomic mass is 10.0. The highest BCUT2D eigenvalue weighted by Gasteiger charge is 2.71. The molecule has 0 heterocycles. The second-order valence-corrected chi connectivity index (χ2v) is 10.5. The van der Waals surface area contributed by atoms with Crippen LogP contribution < -0.4 is 4.52 Å². The third kappa shape index (κ3) is 9.56. The number of phosphoric acid groups is 1. The van der Waals surface area contributed by atoms with Crippen molar-refractivity contribution in [3.63, 3.8) is 0 Å². The summed E-state index contributed by atoms with van der Waals surface area (Å²) in [6.45, 7) is 0. The van der Waals surface area contributed by atoms with Crippen molar-refractivity contribution in [2.45, 2.75) is 49.0 Å². The average molecular weight is 722 g/mol. The summed E-state index contributed by atoms with van der Waals surface area (Å²) in [7, 11) is -6.62. The fraction of sp³-hybridized carbons (Fsp3) is 0.308. The number of halogens is 14. The maximum Gasteiger partial charge on any atom is 0.531 e. The Morgan fingerprint density at radius 2 is 0.766 bits per heavy atom. The van der Waals surface area contributed by atoms with Crippen LogP contribution in [-0.4, -0.2) is 36.8 Å². The van der Waals surface area contributed by atoms with Crippen LogP contribution in [0.25, 0.3) is 0 Å². The molecule has 0 amide bonds. The fourth-order valence-electron chi connectivity index (χ4n) is 3.60. The Kier molecular flexibility index (Phi) is 11.0. The molecular formula is C26H17F14O6P. The van der Waals surface area contributed by atoms with E-state index >= 15 is 17.6 Å². The van der Waals surface area contributed by atoms with E-state index in [0.717, 1.165) is 60.7 Å². The Balaban J connectivity index is 2.25. The molecule has 21 heteroatoms. The fourth-order valence-corrected chi connectivity index (χ4v) is 5.14. The van der Waals surface area contributed by atoms with Gasteiger partial charge in [-0.05, 0) is 23.3 Å². The first-order valence-electron chi connectivity index (χ1n) is 12.3. The van der Waals surface area contributed by atoms with Crippen molar-refractivity contribution in [1.29, 1.82) is 0 Å². The van der Waals surface area contributed by atoms with Gasteiger partial charge in [-0.2, -0.15) is 35.1 Å². The Labute approximate surface area is 254 Å². The second kappa shape index (κ2) is 13.6. The lowest BCUT2D eigenvalue weighted by Crippen LogP contribution is -2.51. The molecule has 2 unspecified atom stereocenters. The van der Waals surface area contributed by atoms with Gasteiger partial charge in [0.15, 0.2) is 12.2 Å². The molecule has 0 aliphatic heterocycles. The third-order valence-corrected chi connectivity index (χ3v) is 6.93. The predicted octanol–water partition coefficient (Wildman–Crippen LogP) is 10.2. The molecule has 0 bridgehead atoms. The van der Waals surface area contributed by atoms with Crippen LogP contribution >= 0.6 is 7.82 Å². The Bertz CT molecular complexity index is 1400. The number of benzene rings is 3. The van der Waals surface area contributed by atoms with Gasteiger partial charge in [-0.15, -0.1) is 26.3 Å². The molecule has 0 radical (unpaired) electrons. The van der Waals surface area contributed by atoms with Gasteiger partial charge in [0.2, 0.25) is 0 Å². The normalized spacial score (nSPS) is 16.3. The maximum atomic E-state index is 15.3. The Morgan fingerprint density at radius 3 is 1.06 bits per heavy atom. The van der Waals surface area contributed by atoms with Gasteiger partial charge in [0, 0.05) is 0 Å². The molecule has 0 fully saturated rings. The molecule has 0 aliphatic rings. The quantitative estimate of drug-likeness (QED) is 0.122. The van der Waals surface area contributed by atoms with E-state index in [1.165, 1.54) is 6.07 Å². The monoisotopic (exact) mass is 722 g/mol. The molecule has 260 valence electrons. The van der Waals surface area contributed by atoms with Crippen LogP contribution in [0.5, 0.6) is 5.75 Å². The molecule has 0 saturated carbocycles. The highest BCUT2D eigenvalue weighted by atomic mass is 31.2. The highest BCUT2D eigenvalue weighted by molar-refractivity contribution is 7.49. The van der Waals surface area contributed by atoms with Gasteiger partial charge in [-0.1, -0.05) is 78.9 Å². The van der Waals surface area contributed by atoms with Crippen LogP contribution in [0.1, 0.15) is 23.3 Å². The van der Waals surface area contributed by atoms with Crippen molar-refractivity contribution in [3.8, 4) is 5.75 Å². The third-order valence-electron chi connectivity index (χ3n) is 5.56. The summed E-state index contributed by atoms with van der Waals surface area (Å²) in [5.41, 5.74) is -2.51. The van der Waals surface area contributed by atoms with Crippen LogP contribution in [0.4, 0.5) is 61.5 Å². The van der Waals surface area contributed by atoms with E-state index in [1.54, 1.807) is 0 Å². The minimum atomic E-state index is -6.62. The van der Waals surface area contributed by atoms with E-state index in [-0.39, 0.29) is 0 Å². The van der Waals surface area contributed by atoms with Crippen molar-refractivity contribution < 1.29 is 89.1 Å². The zero-order valence-electron chi connectivity index (χ0n) is 22.5. The molecule has 0 spiro atoms. The minimum Gasteiger partial charge on any atom is -0.404 e. The van der Waals surface area contributed by atoms with Crippen molar-refractivity contribution >= 4 is 7.82 Å². The predicted molar refractivity (Wildman–Crippen MR) is 129 cm³/mol. The van der Waals surface area contributed by atoms with E-state index in [4.69, 9.17) is 4.52 Å². The van der Waals surface area contributed by atoms with Gasteiger partial charge in [0.05, 0.1) is 0 Å². The molecule has 2 atom stereocenters. The van der Waals surface area contributed by atoms with Gasteiger partial charge in [0.1, 0.15) is 5.75 Å². The molecule has 0 saturated heterocycles. The van der Waals surface area contributed by atoms with Crippen molar-refractivity contribution in [2.75, 3.05) is 0 Å². The standard InChI is InChI=1S/C26H17F14O6P/c27-21(28,23(31,32)45-25(35,36)37)19(16-10-4-1-5-11-16)43-47(41,42-18-14-8-3-9-15-18)44-20(17-12-6-2-7-13-17)22(29,30)24(33,34)46-26(38,39)40/h1-15,19-20H. The zero-order chi connectivity index (χ0) is 35.5. The zero-order valence-corrected chi connectivity index (χ0v) is 23.4. The van der Waals surface area contributed by atoms with Crippen LogP contribution in [0.15, 0.2) is 91.0 Å². The van der Waals surface area contributed by atoms with Gasteiger partial charge in [-0.25, -0.2) is 14.0 Å². The number of hydrogen-bond donors (Lipinski definition) is 0. The molecule has 3 aromatic carbocycles. The Hall–Kier alpha value is -3.45. The largest absolute Gasteiger partial charge is 0.531 e. The maximum absolute atomic E-state index is 15.3. The minimum absolute atomic E-state index is 0.490. The smallest absolute Gasteiger partial charge is 0.404 e. The molecule has 6 nitrogen and oxygen atoms in total. The van der Waals surface area contributed by atoms with Crippen molar-refractivity contribution in [2.24, 2.45) is 0 Å². The van der Waals surface area contributed by atoms with Gasteiger partial charge in [-0.3, -0.25) is 9.05 Å². The summed E-state index contributed by atoms with van der Waals surface area (Å²) in [6.07, 6.45) is -34.0. The summed E-state index contributed by atoms with van der Waals surface area (Å²) in [5, 5.41) is 0. The van der Waals surface area contributed by atoms with E-state index in [9.17, 15) is 48.5 Å². The van der Waals surface area contributed by atoms with Crippen LogP contribution in [-0.2, 0) is 23.1 Å². The summed E-state index contributed by atoms with van der Waals surface area (Å²) < 4.78 is 227. The summed E-state index contributed by atoms with van der Waals surface area (Å²) in [5.74, 6) is -13.4. The average Bonchev–Trinajstić information content (AvgIpc) is 2.93. The van der Waals surface area contributed by atoms with E-state index in [0.29, 0.717) is 24.3 Å². The first-order chi connectivity index (χ1) is 21.4. The number of hydrogen-bond acceptors (Lipinski definition) is 6. The Morgan fingerprint density at radius 1 is 0.468 bits per heavy atom. The van der Waals surface area contributed by atoms with E-state index in [1.807, 2.05) is 0 Å². The van der Waals surface area contributed by atoms with Crippen LogP contribution in [0, 0.1) is 0 Å². The molecule has 3 aromatic rings. The number of alkyl halides is 14. The molecule has 3 rings (SSSR count). The lowest BCUT2D eigenvalue weighted by molar-refractivity contribution is -0.474. The summed E-state index contributed by atoms with van der Waals surface area (Å²) in [4.78, 5) is 0. The van der Waals surface area contributed by atoms with E-state index in [2.05, 4.69) is 18.5 Å². The lowest BCUT2D eigenvalue weighted by Gasteiger charge is -2.36.